The molecule has 34 heavy (non-hydrogen) atoms. The Morgan fingerprint density at radius 3 is 2.74 bits per heavy atom. The molecule has 0 aliphatic carbocycles. The summed E-state index contributed by atoms with van der Waals surface area (Å²) in [7, 11) is 0. The molecular weight excluding hydrogens is 448 g/mol. The highest BCUT2D eigenvalue weighted by Crippen LogP contribution is 2.30. The van der Waals surface area contributed by atoms with E-state index in [-0.39, 0.29) is 0 Å². The molecule has 1 aliphatic rings. The Kier molecular flexibility index (Phi) is 5.19. The number of aromatic nitrogens is 4. The third-order valence-corrected chi connectivity index (χ3v) is 6.53. The smallest absolute Gasteiger partial charge is 0.151 e. The molecule has 0 atom stereocenters. The fourth-order valence-corrected chi connectivity index (χ4v) is 4.78. The van der Waals surface area contributed by atoms with Gasteiger partial charge in [-0.3, -0.25) is 4.57 Å². The van der Waals surface area contributed by atoms with Crippen LogP contribution in [0.2, 0.25) is 5.02 Å². The maximum Gasteiger partial charge on any atom is 0.151 e. The van der Waals surface area contributed by atoms with Gasteiger partial charge in [0, 0.05) is 36.4 Å². The Hall–Kier alpha value is -3.84. The van der Waals surface area contributed by atoms with Crippen LogP contribution in [0.25, 0.3) is 27.6 Å². The van der Waals surface area contributed by atoms with E-state index in [1.54, 1.807) is 0 Å². The molecule has 0 saturated carbocycles. The van der Waals surface area contributed by atoms with Crippen molar-refractivity contribution in [2.45, 2.75) is 19.4 Å². The molecule has 4 heterocycles. The van der Waals surface area contributed by atoms with Gasteiger partial charge >= 0.3 is 0 Å². The maximum absolute atomic E-state index is 6.40. The third kappa shape index (κ3) is 3.78. The van der Waals surface area contributed by atoms with Crippen LogP contribution in [0.1, 0.15) is 18.4 Å². The first-order valence-corrected chi connectivity index (χ1v) is 11.7. The summed E-state index contributed by atoms with van der Waals surface area (Å²) in [5.41, 5.74) is 9.56. The molecule has 3 aromatic heterocycles. The summed E-state index contributed by atoms with van der Waals surface area (Å²) < 4.78 is 8.05. The van der Waals surface area contributed by atoms with E-state index in [0.717, 1.165) is 46.8 Å². The van der Waals surface area contributed by atoms with E-state index in [4.69, 9.17) is 27.1 Å². The number of nitrogens with zero attached hydrogens (tertiary/aromatic N) is 5. The largest absolute Gasteiger partial charge is 0.489 e. The molecule has 170 valence electrons. The van der Waals surface area contributed by atoms with Gasteiger partial charge in [0.15, 0.2) is 5.65 Å². The van der Waals surface area contributed by atoms with Crippen LogP contribution in [0.5, 0.6) is 5.75 Å². The zero-order valence-electron chi connectivity index (χ0n) is 18.5. The maximum atomic E-state index is 6.40. The average Bonchev–Trinajstić information content (AvgIpc) is 3.52. The molecule has 0 amide bonds. The number of halogens is 1. The van der Waals surface area contributed by atoms with Crippen molar-refractivity contribution in [2.75, 3.05) is 23.7 Å². The quantitative estimate of drug-likeness (QED) is 0.371. The summed E-state index contributed by atoms with van der Waals surface area (Å²) >= 11 is 6.40. The molecule has 1 saturated heterocycles. The van der Waals surface area contributed by atoms with Crippen molar-refractivity contribution in [1.82, 2.24) is 19.5 Å². The molecule has 0 unspecified atom stereocenters. The van der Waals surface area contributed by atoms with E-state index in [2.05, 4.69) is 39.1 Å². The van der Waals surface area contributed by atoms with Crippen molar-refractivity contribution in [3.63, 3.8) is 0 Å². The van der Waals surface area contributed by atoms with Crippen LogP contribution in [-0.2, 0) is 6.61 Å². The monoisotopic (exact) mass is 470 g/mol. The van der Waals surface area contributed by atoms with E-state index in [1.165, 1.54) is 19.2 Å². The molecule has 1 aliphatic heterocycles. The number of fused-ring (bicyclic) bond motifs is 2. The van der Waals surface area contributed by atoms with E-state index in [9.17, 15) is 0 Å². The van der Waals surface area contributed by atoms with Crippen LogP contribution < -0.4 is 15.4 Å². The predicted octanol–water partition coefficient (Wildman–Crippen LogP) is 5.38. The summed E-state index contributed by atoms with van der Waals surface area (Å²) in [5, 5.41) is 2.28. The zero-order chi connectivity index (χ0) is 23.1. The fraction of sp³-hybridized carbons (Fsp3) is 0.192. The van der Waals surface area contributed by atoms with Gasteiger partial charge in [-0.25, -0.2) is 15.0 Å². The number of rotatable bonds is 5. The van der Waals surface area contributed by atoms with Crippen LogP contribution in [0.3, 0.4) is 0 Å². The highest BCUT2D eigenvalue weighted by atomic mass is 35.5. The average molecular weight is 471 g/mol. The van der Waals surface area contributed by atoms with Crippen LogP contribution in [-0.4, -0.2) is 32.6 Å². The van der Waals surface area contributed by atoms with E-state index < -0.39 is 0 Å². The van der Waals surface area contributed by atoms with Crippen molar-refractivity contribution in [2.24, 2.45) is 0 Å². The molecule has 5 aromatic rings. The lowest BCUT2D eigenvalue weighted by atomic mass is 10.2. The first kappa shape index (κ1) is 20.7. The molecule has 0 radical (unpaired) electrons. The molecule has 8 heteroatoms. The summed E-state index contributed by atoms with van der Waals surface area (Å²) in [6.45, 7) is 2.58. The SMILES string of the molecule is Nc1ncnc2c1c(Cl)cn2-c1cccc(COc2ccc3ccc(N4CCCC4)nc3c2)c1. The van der Waals surface area contributed by atoms with Gasteiger partial charge in [-0.2, -0.15) is 0 Å². The summed E-state index contributed by atoms with van der Waals surface area (Å²) in [6, 6.07) is 18.4. The lowest BCUT2D eigenvalue weighted by Crippen LogP contribution is -2.18. The van der Waals surface area contributed by atoms with Gasteiger partial charge < -0.3 is 15.4 Å². The summed E-state index contributed by atoms with van der Waals surface area (Å²) in [4.78, 5) is 15.6. The Morgan fingerprint density at radius 1 is 1.00 bits per heavy atom. The summed E-state index contributed by atoms with van der Waals surface area (Å²) in [6.07, 6.45) is 5.71. The lowest BCUT2D eigenvalue weighted by Gasteiger charge is -2.16. The number of nitrogens with two attached hydrogens (primary N) is 1. The number of hydrogen-bond donors (Lipinski definition) is 1. The van der Waals surface area contributed by atoms with Gasteiger partial charge in [0.1, 0.15) is 30.3 Å². The standard InChI is InChI=1S/C26H23ClN6O/c27-21-14-33(26-24(21)25(28)29-16-30-26)19-5-3-4-17(12-19)15-34-20-8-6-18-7-9-23(31-22(18)13-20)32-10-1-2-11-32/h3-9,12-14,16H,1-2,10-11,15H2,(H2,28,29,30). The number of ether oxygens (including phenoxy) is 1. The topological polar surface area (TPSA) is 82.1 Å². The second-order valence-electron chi connectivity index (χ2n) is 8.48. The molecule has 2 N–H and O–H groups in total. The van der Waals surface area contributed by atoms with Crippen molar-refractivity contribution >= 4 is 45.2 Å². The number of pyridine rings is 1. The molecule has 0 bridgehead atoms. The molecule has 2 aromatic carbocycles. The van der Waals surface area contributed by atoms with Gasteiger partial charge in [-0.1, -0.05) is 23.7 Å². The van der Waals surface area contributed by atoms with Gasteiger partial charge in [0.2, 0.25) is 0 Å². The van der Waals surface area contributed by atoms with Crippen LogP contribution in [0.4, 0.5) is 11.6 Å². The Labute approximate surface area is 201 Å². The van der Waals surface area contributed by atoms with E-state index in [1.807, 2.05) is 41.1 Å². The number of anilines is 2. The molecule has 6 rings (SSSR count). The first-order chi connectivity index (χ1) is 16.7. The van der Waals surface area contributed by atoms with Crippen molar-refractivity contribution in [3.05, 3.63) is 77.7 Å². The zero-order valence-corrected chi connectivity index (χ0v) is 19.2. The Morgan fingerprint density at radius 2 is 1.85 bits per heavy atom. The van der Waals surface area contributed by atoms with Crippen molar-refractivity contribution in [1.29, 1.82) is 0 Å². The minimum Gasteiger partial charge on any atom is -0.489 e. The van der Waals surface area contributed by atoms with Crippen LogP contribution in [0, 0.1) is 0 Å². The highest BCUT2D eigenvalue weighted by Gasteiger charge is 2.15. The minimum absolute atomic E-state index is 0.367. The van der Waals surface area contributed by atoms with E-state index >= 15 is 0 Å². The summed E-state index contributed by atoms with van der Waals surface area (Å²) in [5.74, 6) is 2.20. The second kappa shape index (κ2) is 8.50. The molecule has 1 fully saturated rings. The van der Waals surface area contributed by atoms with Crippen LogP contribution >= 0.6 is 11.6 Å². The predicted molar refractivity (Wildman–Crippen MR) is 136 cm³/mol. The minimum atomic E-state index is 0.367. The van der Waals surface area contributed by atoms with E-state index in [0.29, 0.717) is 28.5 Å². The normalized spacial score (nSPS) is 13.7. The van der Waals surface area contributed by atoms with Crippen molar-refractivity contribution in [3.8, 4) is 11.4 Å². The third-order valence-electron chi connectivity index (χ3n) is 6.24. The second-order valence-corrected chi connectivity index (χ2v) is 8.89. The van der Waals surface area contributed by atoms with Gasteiger partial charge in [-0.15, -0.1) is 0 Å². The number of hydrogen-bond acceptors (Lipinski definition) is 6. The van der Waals surface area contributed by atoms with Crippen LogP contribution in [0.15, 0.2) is 67.1 Å². The number of benzene rings is 2. The Bertz CT molecular complexity index is 1510. The Balaban J connectivity index is 1.25. The fourth-order valence-electron chi connectivity index (χ4n) is 4.50. The lowest BCUT2D eigenvalue weighted by molar-refractivity contribution is 0.306. The van der Waals surface area contributed by atoms with Crippen molar-refractivity contribution < 1.29 is 4.74 Å². The molecular formula is C26H23ClN6O. The molecule has 0 spiro atoms. The van der Waals surface area contributed by atoms with Gasteiger partial charge in [0.25, 0.3) is 0 Å². The first-order valence-electron chi connectivity index (χ1n) is 11.3. The van der Waals surface area contributed by atoms with Gasteiger partial charge in [-0.05, 0) is 54.8 Å². The molecule has 7 nitrogen and oxygen atoms in total. The van der Waals surface area contributed by atoms with Gasteiger partial charge in [0.05, 0.1) is 15.9 Å². The highest BCUT2D eigenvalue weighted by molar-refractivity contribution is 6.36. The number of nitrogen functional groups attached to an aromatic ring is 1.